The van der Waals surface area contributed by atoms with E-state index in [0.29, 0.717) is 12.6 Å². The Labute approximate surface area is 104 Å². The molecule has 0 aromatic carbocycles. The second-order valence-corrected chi connectivity index (χ2v) is 5.95. The molecule has 2 heterocycles. The molecule has 0 aliphatic carbocycles. The van der Waals surface area contributed by atoms with Crippen molar-refractivity contribution in [3.05, 3.63) is 18.0 Å². The van der Waals surface area contributed by atoms with E-state index in [2.05, 4.69) is 41.6 Å². The van der Waals surface area contributed by atoms with Crippen molar-refractivity contribution in [1.82, 2.24) is 14.7 Å². The summed E-state index contributed by atoms with van der Waals surface area (Å²) >= 11 is 0. The Morgan fingerprint density at radius 2 is 2.24 bits per heavy atom. The number of likely N-dealkylation sites (tertiary alicyclic amines) is 1. The molecule has 1 fully saturated rings. The monoisotopic (exact) mass is 236 g/mol. The molecule has 0 radical (unpaired) electrons. The van der Waals surface area contributed by atoms with Crippen LogP contribution in [0.4, 0.5) is 0 Å². The molecular weight excluding hydrogens is 212 g/mol. The summed E-state index contributed by atoms with van der Waals surface area (Å²) in [5, 5.41) is 4.44. The summed E-state index contributed by atoms with van der Waals surface area (Å²) in [4.78, 5) is 2.55. The summed E-state index contributed by atoms with van der Waals surface area (Å²) in [6.07, 6.45) is 6.45. The maximum absolute atomic E-state index is 5.63. The lowest BCUT2D eigenvalue weighted by Gasteiger charge is -2.41. The number of rotatable bonds is 2. The van der Waals surface area contributed by atoms with Gasteiger partial charge in [0, 0.05) is 30.4 Å². The minimum absolute atomic E-state index is 0.253. The minimum atomic E-state index is 0.253. The zero-order valence-corrected chi connectivity index (χ0v) is 11.2. The molecule has 0 saturated carbocycles. The molecule has 1 atom stereocenters. The van der Waals surface area contributed by atoms with Crippen LogP contribution in [-0.4, -0.2) is 33.3 Å². The van der Waals surface area contributed by atoms with Crippen molar-refractivity contribution >= 4 is 0 Å². The van der Waals surface area contributed by atoms with Gasteiger partial charge in [0.1, 0.15) is 0 Å². The van der Waals surface area contributed by atoms with Crippen molar-refractivity contribution in [1.29, 1.82) is 0 Å². The molecule has 1 unspecified atom stereocenters. The number of hydrogen-bond donors (Lipinski definition) is 1. The molecule has 0 spiro atoms. The first-order chi connectivity index (χ1) is 8.00. The maximum atomic E-state index is 5.63. The largest absolute Gasteiger partial charge is 0.326 e. The van der Waals surface area contributed by atoms with E-state index in [9.17, 15) is 0 Å². The second kappa shape index (κ2) is 4.78. The van der Waals surface area contributed by atoms with Crippen LogP contribution in [0.1, 0.15) is 45.2 Å². The van der Waals surface area contributed by atoms with Crippen molar-refractivity contribution in [3.8, 4) is 0 Å². The van der Waals surface area contributed by atoms with E-state index in [1.165, 1.54) is 19.4 Å². The standard InChI is InChI=1S/C13H24N4/c1-13(2,3)16-6-4-5-12(10-16)17-9-11(7-14)8-15-17/h8-9,12H,4-7,10,14H2,1-3H3. The van der Waals surface area contributed by atoms with Gasteiger partial charge in [-0.05, 0) is 40.2 Å². The molecule has 0 amide bonds. The van der Waals surface area contributed by atoms with Gasteiger partial charge in [-0.1, -0.05) is 0 Å². The zero-order valence-electron chi connectivity index (χ0n) is 11.2. The van der Waals surface area contributed by atoms with Gasteiger partial charge in [0.15, 0.2) is 0 Å². The molecule has 0 bridgehead atoms. The summed E-state index contributed by atoms with van der Waals surface area (Å²) in [6, 6.07) is 0.503. The minimum Gasteiger partial charge on any atom is -0.326 e. The summed E-state index contributed by atoms with van der Waals surface area (Å²) in [6.45, 7) is 9.72. The highest BCUT2D eigenvalue weighted by atomic mass is 15.3. The van der Waals surface area contributed by atoms with Crippen molar-refractivity contribution in [2.24, 2.45) is 5.73 Å². The van der Waals surface area contributed by atoms with Gasteiger partial charge in [0.25, 0.3) is 0 Å². The lowest BCUT2D eigenvalue weighted by molar-refractivity contribution is 0.0785. The van der Waals surface area contributed by atoms with E-state index in [4.69, 9.17) is 5.73 Å². The number of piperidine rings is 1. The third-order valence-corrected chi connectivity index (χ3v) is 3.61. The van der Waals surface area contributed by atoms with Crippen LogP contribution in [0.5, 0.6) is 0 Å². The van der Waals surface area contributed by atoms with Gasteiger partial charge in [-0.2, -0.15) is 5.10 Å². The molecular formula is C13H24N4. The summed E-state index contributed by atoms with van der Waals surface area (Å²) in [5.41, 5.74) is 7.00. The van der Waals surface area contributed by atoms with Crippen LogP contribution < -0.4 is 5.73 Å². The molecule has 1 aromatic heterocycles. The number of nitrogens with zero attached hydrogens (tertiary/aromatic N) is 3. The first kappa shape index (κ1) is 12.6. The molecule has 2 N–H and O–H groups in total. The highest BCUT2D eigenvalue weighted by Crippen LogP contribution is 2.26. The summed E-state index contributed by atoms with van der Waals surface area (Å²) in [5.74, 6) is 0. The molecule has 1 aliphatic rings. The normalized spacial score (nSPS) is 22.9. The van der Waals surface area contributed by atoms with Gasteiger partial charge in [0.2, 0.25) is 0 Å². The van der Waals surface area contributed by atoms with Crippen molar-refractivity contribution < 1.29 is 0 Å². The quantitative estimate of drug-likeness (QED) is 0.851. The Bertz CT molecular complexity index is 364. The number of nitrogens with two attached hydrogens (primary N) is 1. The third-order valence-electron chi connectivity index (χ3n) is 3.61. The fraction of sp³-hybridized carbons (Fsp3) is 0.769. The van der Waals surface area contributed by atoms with Crippen LogP contribution in [0, 0.1) is 0 Å². The van der Waals surface area contributed by atoms with Gasteiger partial charge >= 0.3 is 0 Å². The number of aromatic nitrogens is 2. The smallest absolute Gasteiger partial charge is 0.0646 e. The van der Waals surface area contributed by atoms with Crippen LogP contribution >= 0.6 is 0 Å². The Morgan fingerprint density at radius 3 is 2.82 bits per heavy atom. The molecule has 17 heavy (non-hydrogen) atoms. The first-order valence-electron chi connectivity index (χ1n) is 6.49. The van der Waals surface area contributed by atoms with Gasteiger partial charge in [0.05, 0.1) is 12.2 Å². The molecule has 1 saturated heterocycles. The van der Waals surface area contributed by atoms with Gasteiger partial charge in [-0.25, -0.2) is 0 Å². The van der Waals surface area contributed by atoms with E-state index >= 15 is 0 Å². The van der Waals surface area contributed by atoms with Gasteiger partial charge in [-0.15, -0.1) is 0 Å². The Hall–Kier alpha value is -0.870. The van der Waals surface area contributed by atoms with Crippen LogP contribution in [0.15, 0.2) is 12.4 Å². The highest BCUT2D eigenvalue weighted by molar-refractivity contribution is 5.04. The van der Waals surface area contributed by atoms with E-state index in [0.717, 1.165) is 12.1 Å². The van der Waals surface area contributed by atoms with Crippen molar-refractivity contribution in [2.45, 2.75) is 51.7 Å². The van der Waals surface area contributed by atoms with Gasteiger partial charge in [-0.3, -0.25) is 9.58 Å². The van der Waals surface area contributed by atoms with E-state index < -0.39 is 0 Å². The topological polar surface area (TPSA) is 47.1 Å². The predicted octanol–water partition coefficient (Wildman–Crippen LogP) is 1.78. The second-order valence-electron chi connectivity index (χ2n) is 5.95. The summed E-state index contributed by atoms with van der Waals surface area (Å²) < 4.78 is 2.10. The van der Waals surface area contributed by atoms with Crippen LogP contribution in [-0.2, 0) is 6.54 Å². The molecule has 1 aromatic rings. The fourth-order valence-corrected chi connectivity index (χ4v) is 2.46. The van der Waals surface area contributed by atoms with Crippen LogP contribution in [0.2, 0.25) is 0 Å². The predicted molar refractivity (Wildman–Crippen MR) is 69.7 cm³/mol. The van der Waals surface area contributed by atoms with E-state index in [-0.39, 0.29) is 5.54 Å². The Morgan fingerprint density at radius 1 is 1.47 bits per heavy atom. The molecule has 4 heteroatoms. The average molecular weight is 236 g/mol. The number of hydrogen-bond acceptors (Lipinski definition) is 3. The van der Waals surface area contributed by atoms with Crippen LogP contribution in [0.25, 0.3) is 0 Å². The SMILES string of the molecule is CC(C)(C)N1CCCC(n2cc(CN)cn2)C1. The fourth-order valence-electron chi connectivity index (χ4n) is 2.46. The molecule has 96 valence electrons. The molecule has 2 rings (SSSR count). The lowest BCUT2D eigenvalue weighted by atomic mass is 9.98. The van der Waals surface area contributed by atoms with Crippen molar-refractivity contribution in [2.75, 3.05) is 13.1 Å². The van der Waals surface area contributed by atoms with Crippen molar-refractivity contribution in [3.63, 3.8) is 0 Å². The molecule has 4 nitrogen and oxygen atoms in total. The first-order valence-corrected chi connectivity index (χ1v) is 6.49. The van der Waals surface area contributed by atoms with Crippen LogP contribution in [0.3, 0.4) is 0 Å². The van der Waals surface area contributed by atoms with E-state index in [1.54, 1.807) is 0 Å². The Kier molecular flexibility index (Phi) is 3.54. The average Bonchev–Trinajstić information content (AvgIpc) is 2.76. The molecule has 1 aliphatic heterocycles. The van der Waals surface area contributed by atoms with Gasteiger partial charge < -0.3 is 5.73 Å². The zero-order chi connectivity index (χ0) is 12.5. The lowest BCUT2D eigenvalue weighted by Crippen LogP contribution is -2.47. The third kappa shape index (κ3) is 2.87. The Balaban J connectivity index is 2.06. The van der Waals surface area contributed by atoms with E-state index in [1.807, 2.05) is 6.20 Å². The maximum Gasteiger partial charge on any atom is 0.0646 e. The highest BCUT2D eigenvalue weighted by Gasteiger charge is 2.28. The summed E-state index contributed by atoms with van der Waals surface area (Å²) in [7, 11) is 0.